The molecule has 2 aromatic carbocycles. The van der Waals surface area contributed by atoms with E-state index < -0.39 is 35.4 Å². The van der Waals surface area contributed by atoms with Gasteiger partial charge in [0.25, 0.3) is 5.91 Å². The molecule has 0 fully saturated rings. The lowest BCUT2D eigenvalue weighted by Gasteiger charge is -2.25. The molecule has 1 amide bonds. The number of hydrogen-bond donors (Lipinski definition) is 1. The number of esters is 1. The first kappa shape index (κ1) is 21.7. The SMILES string of the molecule is CCCOC(=O)C1=CN(C(=O)c2ccc(F)c(F)c2)C(C)Cc2c1[nH]c1cc(F)ccc21. The minimum atomic E-state index is -1.14. The smallest absolute Gasteiger partial charge is 0.341 e. The molecule has 1 aliphatic heterocycles. The predicted molar refractivity (Wildman–Crippen MR) is 113 cm³/mol. The maximum Gasteiger partial charge on any atom is 0.341 e. The minimum absolute atomic E-state index is 0.0502. The zero-order chi connectivity index (χ0) is 23.0. The van der Waals surface area contributed by atoms with E-state index in [1.54, 1.807) is 13.0 Å². The summed E-state index contributed by atoms with van der Waals surface area (Å²) in [6.07, 6.45) is 2.32. The van der Waals surface area contributed by atoms with Crippen molar-refractivity contribution in [3.8, 4) is 0 Å². The Kier molecular flexibility index (Phi) is 5.78. The number of aromatic amines is 1. The number of halogens is 3. The van der Waals surface area contributed by atoms with Crippen LogP contribution >= 0.6 is 0 Å². The van der Waals surface area contributed by atoms with Crippen molar-refractivity contribution < 1.29 is 27.5 Å². The van der Waals surface area contributed by atoms with Crippen LogP contribution in [0.3, 0.4) is 0 Å². The topological polar surface area (TPSA) is 62.4 Å². The number of rotatable bonds is 4. The Bertz CT molecular complexity index is 1250. The van der Waals surface area contributed by atoms with Crippen LogP contribution in [0.4, 0.5) is 13.2 Å². The summed E-state index contributed by atoms with van der Waals surface area (Å²) in [5.41, 5.74) is 1.76. The second-order valence-electron chi connectivity index (χ2n) is 7.74. The second-order valence-corrected chi connectivity index (χ2v) is 7.74. The Hall–Kier alpha value is -3.55. The van der Waals surface area contributed by atoms with Gasteiger partial charge in [-0.2, -0.15) is 0 Å². The Labute approximate surface area is 182 Å². The van der Waals surface area contributed by atoms with E-state index in [2.05, 4.69) is 4.98 Å². The molecule has 166 valence electrons. The van der Waals surface area contributed by atoms with Crippen molar-refractivity contribution in [3.05, 3.63) is 76.9 Å². The molecule has 1 aliphatic rings. The van der Waals surface area contributed by atoms with Crippen molar-refractivity contribution in [1.82, 2.24) is 9.88 Å². The molecule has 0 radical (unpaired) electrons. The lowest BCUT2D eigenvalue weighted by molar-refractivity contribution is -0.136. The van der Waals surface area contributed by atoms with Crippen molar-refractivity contribution in [2.45, 2.75) is 32.7 Å². The van der Waals surface area contributed by atoms with Crippen molar-refractivity contribution in [2.24, 2.45) is 0 Å². The molecule has 0 saturated carbocycles. The number of aromatic nitrogens is 1. The van der Waals surface area contributed by atoms with E-state index in [9.17, 15) is 22.8 Å². The average molecular weight is 442 g/mol. The highest BCUT2D eigenvalue weighted by Gasteiger charge is 2.31. The van der Waals surface area contributed by atoms with Gasteiger partial charge in [0.2, 0.25) is 0 Å². The van der Waals surface area contributed by atoms with Crippen molar-refractivity contribution >= 4 is 28.4 Å². The largest absolute Gasteiger partial charge is 0.462 e. The second kappa shape index (κ2) is 8.53. The molecule has 3 aromatic rings. The van der Waals surface area contributed by atoms with E-state index in [1.807, 2.05) is 6.92 Å². The maximum absolute atomic E-state index is 13.8. The number of nitrogens with zero attached hydrogens (tertiary/aromatic N) is 1. The summed E-state index contributed by atoms with van der Waals surface area (Å²) in [4.78, 5) is 30.5. The van der Waals surface area contributed by atoms with Crippen LogP contribution in [0.15, 0.2) is 42.6 Å². The fourth-order valence-electron chi connectivity index (χ4n) is 3.86. The standard InChI is InChI=1S/C24H21F3N2O3/c1-3-8-32-24(31)18-12-29(23(30)14-4-7-19(26)20(27)10-14)13(2)9-17-16-6-5-15(25)11-21(16)28-22(17)18/h4-7,10-13,28H,3,8-9H2,1-2H3. The number of carbonyl (C=O) groups is 2. The van der Waals surface area contributed by atoms with E-state index in [-0.39, 0.29) is 17.7 Å². The first-order valence-electron chi connectivity index (χ1n) is 10.3. The quantitative estimate of drug-likeness (QED) is 0.581. The van der Waals surface area contributed by atoms with Crippen LogP contribution in [0.2, 0.25) is 0 Å². The molecule has 32 heavy (non-hydrogen) atoms. The van der Waals surface area contributed by atoms with Crippen LogP contribution < -0.4 is 0 Å². The van der Waals surface area contributed by atoms with Crippen LogP contribution in [0.1, 0.15) is 41.9 Å². The highest BCUT2D eigenvalue weighted by molar-refractivity contribution is 6.18. The zero-order valence-corrected chi connectivity index (χ0v) is 17.5. The summed E-state index contributed by atoms with van der Waals surface area (Å²) in [7, 11) is 0. The highest BCUT2D eigenvalue weighted by atomic mass is 19.2. The molecule has 1 unspecified atom stereocenters. The van der Waals surface area contributed by atoms with Gasteiger partial charge in [-0.05, 0) is 61.7 Å². The molecule has 0 bridgehead atoms. The minimum Gasteiger partial charge on any atom is -0.462 e. The lowest BCUT2D eigenvalue weighted by Crippen LogP contribution is -2.35. The van der Waals surface area contributed by atoms with Gasteiger partial charge in [-0.1, -0.05) is 6.92 Å². The van der Waals surface area contributed by atoms with E-state index >= 15 is 0 Å². The Balaban J connectivity index is 1.83. The first-order valence-corrected chi connectivity index (χ1v) is 10.3. The van der Waals surface area contributed by atoms with Gasteiger partial charge in [0.15, 0.2) is 11.6 Å². The van der Waals surface area contributed by atoms with E-state index in [0.717, 1.165) is 23.1 Å². The number of amides is 1. The number of ether oxygens (including phenoxy) is 1. The van der Waals surface area contributed by atoms with Gasteiger partial charge >= 0.3 is 5.97 Å². The molecule has 0 saturated heterocycles. The molecule has 1 N–H and O–H groups in total. The molecular formula is C24H21F3N2O3. The van der Waals surface area contributed by atoms with Crippen LogP contribution in [0.5, 0.6) is 0 Å². The molecule has 0 spiro atoms. The van der Waals surface area contributed by atoms with Crippen molar-refractivity contribution in [1.29, 1.82) is 0 Å². The van der Waals surface area contributed by atoms with E-state index in [4.69, 9.17) is 4.74 Å². The summed E-state index contributed by atoms with van der Waals surface area (Å²) in [6, 6.07) is 6.76. The Morgan fingerprint density at radius 1 is 1.12 bits per heavy atom. The number of nitrogens with one attached hydrogen (secondary N) is 1. The van der Waals surface area contributed by atoms with Crippen LogP contribution in [0.25, 0.3) is 16.5 Å². The summed E-state index contributed by atoms with van der Waals surface area (Å²) < 4.78 is 46.2. The molecule has 2 heterocycles. The molecule has 0 aliphatic carbocycles. The van der Waals surface area contributed by atoms with Gasteiger partial charge in [0, 0.05) is 28.7 Å². The molecule has 1 aromatic heterocycles. The normalized spacial score (nSPS) is 15.8. The van der Waals surface area contributed by atoms with Gasteiger partial charge in [-0.25, -0.2) is 18.0 Å². The monoisotopic (exact) mass is 442 g/mol. The number of hydrogen-bond acceptors (Lipinski definition) is 3. The van der Waals surface area contributed by atoms with Gasteiger partial charge in [0.1, 0.15) is 5.82 Å². The molecule has 4 rings (SSSR count). The summed E-state index contributed by atoms with van der Waals surface area (Å²) >= 11 is 0. The van der Waals surface area contributed by atoms with Gasteiger partial charge in [-0.15, -0.1) is 0 Å². The first-order chi connectivity index (χ1) is 15.3. The fourth-order valence-corrected chi connectivity index (χ4v) is 3.86. The molecule has 1 atom stereocenters. The third-order valence-electron chi connectivity index (χ3n) is 5.44. The number of fused-ring (bicyclic) bond motifs is 3. The van der Waals surface area contributed by atoms with E-state index in [0.29, 0.717) is 24.1 Å². The van der Waals surface area contributed by atoms with Crippen LogP contribution in [0, 0.1) is 17.5 Å². The molecular weight excluding hydrogens is 421 g/mol. The highest BCUT2D eigenvalue weighted by Crippen LogP contribution is 2.34. The summed E-state index contributed by atoms with van der Waals surface area (Å²) in [5.74, 6) is -3.84. The Morgan fingerprint density at radius 3 is 2.62 bits per heavy atom. The van der Waals surface area contributed by atoms with Gasteiger partial charge < -0.3 is 14.6 Å². The maximum atomic E-state index is 13.8. The molecule has 5 nitrogen and oxygen atoms in total. The van der Waals surface area contributed by atoms with E-state index in [1.165, 1.54) is 29.3 Å². The summed E-state index contributed by atoms with van der Waals surface area (Å²) in [5, 5.41) is 0.726. The molecule has 8 heteroatoms. The Morgan fingerprint density at radius 2 is 1.91 bits per heavy atom. The van der Waals surface area contributed by atoms with Crippen LogP contribution in [-0.4, -0.2) is 34.4 Å². The van der Waals surface area contributed by atoms with Crippen LogP contribution in [-0.2, 0) is 16.0 Å². The average Bonchev–Trinajstić information content (AvgIpc) is 3.03. The predicted octanol–water partition coefficient (Wildman–Crippen LogP) is 4.97. The van der Waals surface area contributed by atoms with Gasteiger partial charge in [-0.3, -0.25) is 4.79 Å². The number of benzene rings is 2. The van der Waals surface area contributed by atoms with Crippen molar-refractivity contribution in [2.75, 3.05) is 6.61 Å². The fraction of sp³-hybridized carbons (Fsp3) is 0.250. The summed E-state index contributed by atoms with van der Waals surface area (Å²) in [6.45, 7) is 3.82. The third kappa shape index (κ3) is 3.88. The van der Waals surface area contributed by atoms with Crippen molar-refractivity contribution in [3.63, 3.8) is 0 Å². The lowest BCUT2D eigenvalue weighted by atomic mass is 10.0. The zero-order valence-electron chi connectivity index (χ0n) is 17.5. The third-order valence-corrected chi connectivity index (χ3v) is 5.44. The van der Waals surface area contributed by atoms with Gasteiger partial charge in [0.05, 0.1) is 17.9 Å². The number of H-pyrrole nitrogens is 1. The number of carbonyl (C=O) groups excluding carboxylic acids is 2.